The van der Waals surface area contributed by atoms with Gasteiger partial charge in [-0.3, -0.25) is 0 Å². The number of hydrogen-bond donors (Lipinski definition) is 1. The molecule has 4 nitrogen and oxygen atoms in total. The predicted octanol–water partition coefficient (Wildman–Crippen LogP) is 3.06. The van der Waals surface area contributed by atoms with Crippen molar-refractivity contribution in [2.45, 2.75) is 59.7 Å². The number of hydrogen-bond acceptors (Lipinski definition) is 4. The molecule has 0 aliphatic carbocycles. The monoisotopic (exact) mass is 240 g/mol. The average molecular weight is 240 g/mol. The molecule has 15 heavy (non-hydrogen) atoms. The van der Waals surface area contributed by atoms with E-state index in [1.165, 1.54) is 0 Å². The summed E-state index contributed by atoms with van der Waals surface area (Å²) in [6, 6.07) is 0. The van der Waals surface area contributed by atoms with Crippen LogP contribution in [0.25, 0.3) is 0 Å². The molecule has 0 unspecified atom stereocenters. The second-order valence-corrected chi connectivity index (χ2v) is 7.13. The van der Waals surface area contributed by atoms with E-state index in [4.69, 9.17) is 13.6 Å². The van der Waals surface area contributed by atoms with Gasteiger partial charge in [-0.1, -0.05) is 0 Å². The van der Waals surface area contributed by atoms with Gasteiger partial charge in [0.15, 0.2) is 0 Å². The van der Waals surface area contributed by atoms with E-state index < -0.39 is 19.4 Å². The Bertz CT molecular complexity index is 177. The van der Waals surface area contributed by atoms with E-state index in [1.54, 1.807) is 6.92 Å². The summed E-state index contributed by atoms with van der Waals surface area (Å²) in [5.41, 5.74) is -0.969. The molecule has 0 saturated carbocycles. The van der Waals surface area contributed by atoms with E-state index in [9.17, 15) is 4.89 Å². The molecule has 1 N–H and O–H groups in total. The van der Waals surface area contributed by atoms with E-state index in [-0.39, 0.29) is 0 Å². The van der Waals surface area contributed by atoms with Crippen LogP contribution in [-0.2, 0) is 13.6 Å². The molecule has 0 saturated heterocycles. The third kappa shape index (κ3) is 8.12. The molecular weight excluding hydrogens is 215 g/mol. The van der Waals surface area contributed by atoms with Crippen molar-refractivity contribution in [3.8, 4) is 0 Å². The van der Waals surface area contributed by atoms with Gasteiger partial charge < -0.3 is 0 Å². The van der Waals surface area contributed by atoms with E-state index in [0.29, 0.717) is 6.61 Å². The summed E-state index contributed by atoms with van der Waals surface area (Å²) in [5.74, 6) is 0. The number of rotatable bonds is 4. The predicted molar refractivity (Wildman–Crippen MR) is 63.8 cm³/mol. The van der Waals surface area contributed by atoms with E-state index in [2.05, 4.69) is 0 Å². The van der Waals surface area contributed by atoms with Gasteiger partial charge in [-0.25, -0.2) is 0 Å². The van der Waals surface area contributed by atoms with Gasteiger partial charge in [0.05, 0.1) is 0 Å². The van der Waals surface area contributed by atoms with Crippen LogP contribution in [0, 0.1) is 0 Å². The summed E-state index contributed by atoms with van der Waals surface area (Å²) < 4.78 is 16.2. The Labute approximate surface area is 93.6 Å². The van der Waals surface area contributed by atoms with Gasteiger partial charge in [-0.05, 0) is 0 Å². The van der Waals surface area contributed by atoms with Crippen molar-refractivity contribution in [2.75, 3.05) is 6.61 Å². The molecule has 5 heteroatoms. The second-order valence-electron chi connectivity index (χ2n) is 5.39. The Balaban J connectivity index is 4.59. The molecule has 0 radical (unpaired) electrons. The third-order valence-corrected chi connectivity index (χ3v) is 3.59. The van der Waals surface area contributed by atoms with E-state index in [0.717, 1.165) is 0 Å². The van der Waals surface area contributed by atoms with Crippen molar-refractivity contribution in [1.29, 1.82) is 0 Å². The van der Waals surface area contributed by atoms with Crippen LogP contribution < -0.4 is 0 Å². The summed E-state index contributed by atoms with van der Waals surface area (Å²) in [5, 5.41) is 0. The molecule has 0 aliphatic rings. The molecule has 0 spiro atoms. The van der Waals surface area contributed by atoms with Crippen LogP contribution in [-0.4, -0.2) is 22.7 Å². The minimum absolute atomic E-state index is 0.370. The molecule has 0 bridgehead atoms. The molecule has 0 aromatic rings. The van der Waals surface area contributed by atoms with Gasteiger partial charge >= 0.3 is 92.9 Å². The van der Waals surface area contributed by atoms with Crippen LogP contribution >= 0.6 is 8.17 Å². The Hall–Kier alpha value is 0.270. The second kappa shape index (κ2) is 5.07. The van der Waals surface area contributed by atoms with Crippen LogP contribution in [0.2, 0.25) is 0 Å². The molecule has 0 aliphatic heterocycles. The van der Waals surface area contributed by atoms with Crippen LogP contribution in [0.15, 0.2) is 0 Å². The van der Waals surface area contributed by atoms with Crippen LogP contribution in [0.3, 0.4) is 0 Å². The molecule has 0 heterocycles. The fraction of sp³-hybridized carbons (Fsp3) is 1.00. The van der Waals surface area contributed by atoms with Gasteiger partial charge in [0, 0.05) is 0 Å². The molecule has 0 amide bonds. The fourth-order valence-corrected chi connectivity index (χ4v) is 3.11. The van der Waals surface area contributed by atoms with Gasteiger partial charge in [0.25, 0.3) is 0 Å². The van der Waals surface area contributed by atoms with Crippen LogP contribution in [0.1, 0.15) is 48.5 Å². The summed E-state index contributed by atoms with van der Waals surface area (Å²) in [6.07, 6.45) is 0. The Morgan fingerprint density at radius 1 is 0.933 bits per heavy atom. The van der Waals surface area contributed by atoms with Crippen molar-refractivity contribution in [1.82, 2.24) is 0 Å². The molecule has 0 atom stereocenters. The summed E-state index contributed by atoms with van der Waals surface area (Å²) in [4.78, 5) is 10.2. The maximum atomic E-state index is 10.2. The first kappa shape index (κ1) is 15.3. The first-order valence-electron chi connectivity index (χ1n) is 5.24. The molecule has 94 valence electrons. The summed E-state index contributed by atoms with van der Waals surface area (Å²) in [7, 11) is -3.52. The zero-order chi connectivity index (χ0) is 12.3. The first-order chi connectivity index (χ1) is 6.47. The fourth-order valence-electron chi connectivity index (χ4n) is 1.04. The van der Waals surface area contributed by atoms with Crippen molar-refractivity contribution >= 4 is 8.17 Å². The van der Waals surface area contributed by atoms with Gasteiger partial charge in [0.1, 0.15) is 0 Å². The van der Waals surface area contributed by atoms with Crippen molar-refractivity contribution in [3.63, 3.8) is 0 Å². The molecule has 0 aromatic heterocycles. The first-order valence-corrected chi connectivity index (χ1v) is 6.91. The molecular formula is C10H25O4P. The zero-order valence-electron chi connectivity index (χ0n) is 10.9. The van der Waals surface area contributed by atoms with Gasteiger partial charge in [0.2, 0.25) is 0 Å². The van der Waals surface area contributed by atoms with Crippen molar-refractivity contribution in [3.05, 3.63) is 0 Å². The molecule has 0 fully saturated rings. The van der Waals surface area contributed by atoms with Gasteiger partial charge in [-0.15, -0.1) is 0 Å². The summed E-state index contributed by atoms with van der Waals surface area (Å²) in [6.45, 7) is 13.3. The van der Waals surface area contributed by atoms with E-state index >= 15 is 0 Å². The van der Waals surface area contributed by atoms with Crippen LogP contribution in [0.5, 0.6) is 0 Å². The van der Waals surface area contributed by atoms with Crippen LogP contribution in [0.4, 0.5) is 0 Å². The Morgan fingerprint density at radius 2 is 1.27 bits per heavy atom. The minimum atomic E-state index is -3.52. The standard InChI is InChI=1S/C10H25O4P/c1-8-12-15(11,13-9(2,3)4)14-10(5,6)7/h11,15H,8H2,1-7H3. The van der Waals surface area contributed by atoms with Crippen molar-refractivity contribution in [2.24, 2.45) is 0 Å². The third-order valence-electron chi connectivity index (χ3n) is 1.20. The Kier molecular flexibility index (Phi) is 5.16. The topological polar surface area (TPSA) is 47.9 Å². The Morgan fingerprint density at radius 3 is 1.47 bits per heavy atom. The SMILES string of the molecule is CCO[PH](O)(OC(C)(C)C)OC(C)(C)C. The van der Waals surface area contributed by atoms with E-state index in [1.807, 2.05) is 41.5 Å². The average Bonchev–Trinajstić information content (AvgIpc) is 1.74. The quantitative estimate of drug-likeness (QED) is 0.767. The molecule has 0 rings (SSSR count). The zero-order valence-corrected chi connectivity index (χ0v) is 11.9. The molecule has 0 aromatic carbocycles. The normalized spacial score (nSPS) is 15.5. The maximum absolute atomic E-state index is 10.2. The van der Waals surface area contributed by atoms with Crippen molar-refractivity contribution < 1.29 is 18.5 Å². The summed E-state index contributed by atoms with van der Waals surface area (Å²) >= 11 is 0. The van der Waals surface area contributed by atoms with Gasteiger partial charge in [-0.2, -0.15) is 0 Å².